The predicted octanol–water partition coefficient (Wildman–Crippen LogP) is 2.54. The minimum absolute atomic E-state index is 0.122. The molecule has 2 atom stereocenters. The quantitative estimate of drug-likeness (QED) is 0.534. The summed E-state index contributed by atoms with van der Waals surface area (Å²) < 4.78 is 22.6. The number of nitrogens with zero attached hydrogens (tertiary/aromatic N) is 2. The molecule has 0 saturated carbocycles. The number of hydrogen-bond donors (Lipinski definition) is 1. The van der Waals surface area contributed by atoms with Crippen LogP contribution in [-0.4, -0.2) is 74.4 Å². The molecule has 0 fully saturated rings. The van der Waals surface area contributed by atoms with E-state index in [9.17, 15) is 13.2 Å². The summed E-state index contributed by atoms with van der Waals surface area (Å²) in [6.07, 6.45) is 12.0. The van der Waals surface area contributed by atoms with Crippen molar-refractivity contribution in [1.29, 1.82) is 0 Å². The zero-order valence-corrected chi connectivity index (χ0v) is 21.1. The Hall–Kier alpha value is -1.88. The molecule has 7 heteroatoms. The van der Waals surface area contributed by atoms with Crippen molar-refractivity contribution in [3.05, 3.63) is 35.5 Å². The van der Waals surface area contributed by atoms with E-state index in [1.165, 1.54) is 18.1 Å². The summed E-state index contributed by atoms with van der Waals surface area (Å²) in [5.41, 5.74) is 7.85. The van der Waals surface area contributed by atoms with Crippen LogP contribution < -0.4 is 5.73 Å². The summed E-state index contributed by atoms with van der Waals surface area (Å²) >= 11 is 0. The molecule has 1 heterocycles. The van der Waals surface area contributed by atoms with Gasteiger partial charge >= 0.3 is 0 Å². The van der Waals surface area contributed by atoms with E-state index < -0.39 is 20.5 Å². The first-order valence-electron chi connectivity index (χ1n) is 11.5. The number of nitrogens with two attached hydrogens (primary N) is 1. The summed E-state index contributed by atoms with van der Waals surface area (Å²) in [5, 5.41) is 0. The van der Waals surface area contributed by atoms with E-state index in [2.05, 4.69) is 66.7 Å². The Morgan fingerprint density at radius 3 is 2.47 bits per heavy atom. The highest BCUT2D eigenvalue weighted by Crippen LogP contribution is 2.32. The van der Waals surface area contributed by atoms with Gasteiger partial charge in [-0.3, -0.25) is 14.6 Å². The lowest BCUT2D eigenvalue weighted by Gasteiger charge is -2.31. The molecule has 2 unspecified atom stereocenters. The SMILES string of the molecule is CCN(CC)CC#CC1(C)C=CC(C2=CCN(CCC(C)(C(N)=O)S(C)(=O)=O)CC2)=CC1. The van der Waals surface area contributed by atoms with Crippen molar-refractivity contribution in [2.45, 2.75) is 51.7 Å². The van der Waals surface area contributed by atoms with Gasteiger partial charge in [-0.1, -0.05) is 50.0 Å². The zero-order chi connectivity index (χ0) is 24.0. The standard InChI is InChI=1S/C25H39N3O3S/c1-6-27(7-2)17-8-13-24(3)14-9-21(10-15-24)22-11-18-28(19-12-22)20-16-25(4,23(26)29)32(5,30)31/h9-11,14H,6-7,12,15-20H2,1-5H3,(H2,26,29). The summed E-state index contributed by atoms with van der Waals surface area (Å²) in [6.45, 7) is 12.8. The molecule has 1 aliphatic heterocycles. The normalized spacial score (nSPS) is 23.7. The lowest BCUT2D eigenvalue weighted by molar-refractivity contribution is -0.120. The maximum Gasteiger partial charge on any atom is 0.238 e. The Morgan fingerprint density at radius 1 is 1.31 bits per heavy atom. The second-order valence-electron chi connectivity index (χ2n) is 9.27. The van der Waals surface area contributed by atoms with Gasteiger partial charge in [-0.2, -0.15) is 0 Å². The topological polar surface area (TPSA) is 83.7 Å². The largest absolute Gasteiger partial charge is 0.368 e. The minimum atomic E-state index is -3.57. The van der Waals surface area contributed by atoms with Crippen LogP contribution >= 0.6 is 0 Å². The minimum Gasteiger partial charge on any atom is -0.368 e. The number of primary amides is 1. The van der Waals surface area contributed by atoms with Crippen molar-refractivity contribution >= 4 is 15.7 Å². The van der Waals surface area contributed by atoms with Gasteiger partial charge in [-0.25, -0.2) is 8.42 Å². The fourth-order valence-electron chi connectivity index (χ4n) is 3.90. The summed E-state index contributed by atoms with van der Waals surface area (Å²) in [7, 11) is -3.57. The molecule has 0 spiro atoms. The van der Waals surface area contributed by atoms with Gasteiger partial charge in [0.1, 0.15) is 4.75 Å². The van der Waals surface area contributed by atoms with Gasteiger partial charge in [-0.15, -0.1) is 0 Å². The molecular formula is C25H39N3O3S. The van der Waals surface area contributed by atoms with E-state index >= 15 is 0 Å². The predicted molar refractivity (Wildman–Crippen MR) is 132 cm³/mol. The highest BCUT2D eigenvalue weighted by atomic mass is 32.2. The molecule has 0 aromatic heterocycles. The van der Waals surface area contributed by atoms with Gasteiger partial charge in [0.05, 0.1) is 12.0 Å². The molecule has 0 aromatic carbocycles. The third-order valence-corrected chi connectivity index (χ3v) is 8.90. The molecule has 32 heavy (non-hydrogen) atoms. The van der Waals surface area contributed by atoms with E-state index in [0.29, 0.717) is 6.54 Å². The third kappa shape index (κ3) is 6.57. The molecule has 2 N–H and O–H groups in total. The average Bonchev–Trinajstić information content (AvgIpc) is 2.75. The molecule has 0 aromatic rings. The van der Waals surface area contributed by atoms with Gasteiger partial charge in [0, 0.05) is 25.9 Å². The molecule has 1 amide bonds. The fourth-order valence-corrected chi connectivity index (χ4v) is 4.73. The van der Waals surface area contributed by atoms with E-state index in [0.717, 1.165) is 51.8 Å². The van der Waals surface area contributed by atoms with Gasteiger partial charge in [0.2, 0.25) is 5.91 Å². The molecule has 1 aliphatic carbocycles. The summed E-state index contributed by atoms with van der Waals surface area (Å²) in [6, 6.07) is 0. The maximum atomic E-state index is 12.0. The van der Waals surface area contributed by atoms with Crippen LogP contribution in [0.5, 0.6) is 0 Å². The first kappa shape index (κ1) is 26.4. The third-order valence-electron chi connectivity index (χ3n) is 6.86. The maximum absolute atomic E-state index is 12.0. The van der Waals surface area contributed by atoms with Crippen molar-refractivity contribution in [2.75, 3.05) is 45.5 Å². The molecule has 2 aliphatic rings. The van der Waals surface area contributed by atoms with E-state index in [-0.39, 0.29) is 11.8 Å². The van der Waals surface area contributed by atoms with Crippen LogP contribution in [0, 0.1) is 17.3 Å². The molecule has 0 radical (unpaired) electrons. The van der Waals surface area contributed by atoms with Crippen LogP contribution in [0.2, 0.25) is 0 Å². The fraction of sp³-hybridized carbons (Fsp3) is 0.640. The number of carbonyl (C=O) groups excluding carboxylic acids is 1. The Balaban J connectivity index is 1.94. The van der Waals surface area contributed by atoms with Crippen molar-refractivity contribution in [3.63, 3.8) is 0 Å². The number of hydrogen-bond acceptors (Lipinski definition) is 5. The van der Waals surface area contributed by atoms with E-state index in [4.69, 9.17) is 5.73 Å². The molecule has 0 saturated heterocycles. The first-order chi connectivity index (χ1) is 14.9. The highest BCUT2D eigenvalue weighted by molar-refractivity contribution is 7.92. The summed E-state index contributed by atoms with van der Waals surface area (Å²) in [5.74, 6) is 6.00. The van der Waals surface area contributed by atoms with Gasteiger partial charge in [-0.05, 0) is 57.3 Å². The highest BCUT2D eigenvalue weighted by Gasteiger charge is 2.41. The van der Waals surface area contributed by atoms with Gasteiger partial charge < -0.3 is 5.73 Å². The number of carbonyl (C=O) groups is 1. The number of sulfone groups is 1. The first-order valence-corrected chi connectivity index (χ1v) is 13.4. The zero-order valence-electron chi connectivity index (χ0n) is 20.3. The van der Waals surface area contributed by atoms with Crippen LogP contribution in [0.3, 0.4) is 0 Å². The van der Waals surface area contributed by atoms with Crippen molar-refractivity contribution < 1.29 is 13.2 Å². The van der Waals surface area contributed by atoms with Crippen molar-refractivity contribution in [1.82, 2.24) is 9.80 Å². The van der Waals surface area contributed by atoms with Crippen LogP contribution in [-0.2, 0) is 14.6 Å². The van der Waals surface area contributed by atoms with Crippen LogP contribution in [0.15, 0.2) is 35.5 Å². The molecule has 178 valence electrons. The summed E-state index contributed by atoms with van der Waals surface area (Å²) in [4.78, 5) is 16.2. The molecular weight excluding hydrogens is 422 g/mol. The second-order valence-corrected chi connectivity index (χ2v) is 11.7. The van der Waals surface area contributed by atoms with E-state index in [1.54, 1.807) is 0 Å². The Bertz CT molecular complexity index is 951. The monoisotopic (exact) mass is 461 g/mol. The number of allylic oxidation sites excluding steroid dienone is 4. The number of amides is 1. The van der Waals surface area contributed by atoms with Crippen molar-refractivity contribution in [3.8, 4) is 11.8 Å². The Labute approximate surface area is 194 Å². The van der Waals surface area contributed by atoms with Crippen LogP contribution in [0.4, 0.5) is 0 Å². The number of rotatable bonds is 9. The average molecular weight is 462 g/mol. The molecule has 0 bridgehead atoms. The lowest BCUT2D eigenvalue weighted by Crippen LogP contribution is -2.49. The molecule has 2 rings (SSSR count). The van der Waals surface area contributed by atoms with Gasteiger partial charge in [0.25, 0.3) is 0 Å². The van der Waals surface area contributed by atoms with Crippen molar-refractivity contribution in [2.24, 2.45) is 11.1 Å². The van der Waals surface area contributed by atoms with Crippen LogP contribution in [0.25, 0.3) is 0 Å². The Morgan fingerprint density at radius 2 is 2.00 bits per heavy atom. The van der Waals surface area contributed by atoms with Crippen LogP contribution in [0.1, 0.15) is 47.0 Å². The van der Waals surface area contributed by atoms with E-state index in [1.807, 2.05) is 0 Å². The van der Waals surface area contributed by atoms with Gasteiger partial charge in [0.15, 0.2) is 9.84 Å². The molecule has 6 nitrogen and oxygen atoms in total. The second kappa shape index (κ2) is 10.8. The Kier molecular flexibility index (Phi) is 8.92. The smallest absolute Gasteiger partial charge is 0.238 e. The lowest BCUT2D eigenvalue weighted by atomic mass is 9.80.